The topological polar surface area (TPSA) is 66.6 Å². The first-order valence-electron chi connectivity index (χ1n) is 3.75. The molecule has 1 unspecified atom stereocenters. The zero-order chi connectivity index (χ0) is 10.2. The number of carbonyl (C=O) groups excluding carboxylic acids is 1. The van der Waals surface area contributed by atoms with E-state index in [2.05, 4.69) is 31.9 Å². The Kier molecular flexibility index (Phi) is 3.16. The average Bonchev–Trinajstić information content (AvgIpc) is 2.31. The van der Waals surface area contributed by atoms with E-state index in [1.807, 2.05) is 6.92 Å². The summed E-state index contributed by atoms with van der Waals surface area (Å²) >= 11 is 6.26. The molecule has 13 heavy (non-hydrogen) atoms. The van der Waals surface area contributed by atoms with Crippen molar-refractivity contribution in [2.45, 2.75) is 22.8 Å². The van der Waals surface area contributed by atoms with Crippen LogP contribution in [0, 0.1) is 0 Å². The lowest BCUT2D eigenvalue weighted by atomic mass is 10.2. The standard InChI is InChI=1S/C7H10Br2N2O2/c1-2-4-3-7(13,6(8)9)11(10)5(4)12/h3,6,13H,2,10H2,1H3. The minimum Gasteiger partial charge on any atom is -0.365 e. The Morgan fingerprint density at radius 1 is 1.77 bits per heavy atom. The minimum atomic E-state index is -1.47. The SMILES string of the molecule is CCC1=CC(O)(C(Br)Br)N(N)C1=O. The Balaban J connectivity index is 3.03. The zero-order valence-corrected chi connectivity index (χ0v) is 10.2. The largest absolute Gasteiger partial charge is 0.365 e. The van der Waals surface area contributed by atoms with Crippen molar-refractivity contribution in [1.29, 1.82) is 0 Å². The molecule has 0 aromatic carbocycles. The molecule has 3 N–H and O–H groups in total. The highest BCUT2D eigenvalue weighted by Gasteiger charge is 2.45. The second-order valence-electron chi connectivity index (χ2n) is 2.78. The summed E-state index contributed by atoms with van der Waals surface area (Å²) in [7, 11) is 0. The fourth-order valence-electron chi connectivity index (χ4n) is 1.13. The second-order valence-corrected chi connectivity index (χ2v) is 5.84. The van der Waals surface area contributed by atoms with Crippen LogP contribution in [-0.4, -0.2) is 25.5 Å². The smallest absolute Gasteiger partial charge is 0.266 e. The van der Waals surface area contributed by atoms with Crippen LogP contribution in [0.2, 0.25) is 0 Å². The predicted molar refractivity (Wildman–Crippen MR) is 56.0 cm³/mol. The lowest BCUT2D eigenvalue weighted by molar-refractivity contribution is -0.140. The van der Waals surface area contributed by atoms with Gasteiger partial charge in [-0.25, -0.2) is 10.9 Å². The third-order valence-electron chi connectivity index (χ3n) is 1.97. The van der Waals surface area contributed by atoms with Crippen molar-refractivity contribution in [2.24, 2.45) is 5.84 Å². The molecule has 4 nitrogen and oxygen atoms in total. The van der Waals surface area contributed by atoms with E-state index in [0.717, 1.165) is 5.01 Å². The van der Waals surface area contributed by atoms with Crippen molar-refractivity contribution in [3.63, 3.8) is 0 Å². The average molecular weight is 314 g/mol. The van der Waals surface area contributed by atoms with Gasteiger partial charge in [0.2, 0.25) is 0 Å². The molecule has 1 amide bonds. The number of hydrogen-bond acceptors (Lipinski definition) is 3. The van der Waals surface area contributed by atoms with Crippen molar-refractivity contribution in [1.82, 2.24) is 5.01 Å². The van der Waals surface area contributed by atoms with Crippen molar-refractivity contribution >= 4 is 37.8 Å². The fourth-order valence-corrected chi connectivity index (χ4v) is 1.83. The van der Waals surface area contributed by atoms with Gasteiger partial charge in [0, 0.05) is 5.57 Å². The quantitative estimate of drug-likeness (QED) is 0.451. The van der Waals surface area contributed by atoms with Crippen LogP contribution >= 0.6 is 31.9 Å². The van der Waals surface area contributed by atoms with Gasteiger partial charge in [0.05, 0.1) is 0 Å². The van der Waals surface area contributed by atoms with Crippen LogP contribution in [0.1, 0.15) is 13.3 Å². The molecule has 0 aromatic heterocycles. The number of hydrazine groups is 1. The molecule has 1 rings (SSSR count). The Morgan fingerprint density at radius 3 is 2.54 bits per heavy atom. The van der Waals surface area contributed by atoms with Gasteiger partial charge in [-0.1, -0.05) is 38.8 Å². The van der Waals surface area contributed by atoms with Crippen LogP contribution in [-0.2, 0) is 4.79 Å². The van der Waals surface area contributed by atoms with Gasteiger partial charge in [0.1, 0.15) is 3.74 Å². The summed E-state index contributed by atoms with van der Waals surface area (Å²) in [4.78, 5) is 11.4. The molecule has 1 atom stereocenters. The molecule has 0 saturated carbocycles. The van der Waals surface area contributed by atoms with Crippen LogP contribution in [0.15, 0.2) is 11.6 Å². The van der Waals surface area contributed by atoms with Gasteiger partial charge in [0.25, 0.3) is 5.91 Å². The summed E-state index contributed by atoms with van der Waals surface area (Å²) in [5.74, 6) is 5.11. The van der Waals surface area contributed by atoms with E-state index >= 15 is 0 Å². The maximum Gasteiger partial charge on any atom is 0.266 e. The number of halogens is 2. The van der Waals surface area contributed by atoms with Crippen molar-refractivity contribution < 1.29 is 9.90 Å². The highest BCUT2D eigenvalue weighted by Crippen LogP contribution is 2.34. The summed E-state index contributed by atoms with van der Waals surface area (Å²) < 4.78 is -0.481. The number of hydrogen-bond donors (Lipinski definition) is 2. The first-order chi connectivity index (χ1) is 5.93. The molecule has 1 heterocycles. The van der Waals surface area contributed by atoms with Gasteiger partial charge in [0.15, 0.2) is 5.72 Å². The molecule has 1 aliphatic rings. The molecule has 0 fully saturated rings. The first-order valence-corrected chi connectivity index (χ1v) is 5.58. The van der Waals surface area contributed by atoms with E-state index in [1.165, 1.54) is 6.08 Å². The number of carbonyl (C=O) groups is 1. The van der Waals surface area contributed by atoms with E-state index in [9.17, 15) is 9.90 Å². The summed E-state index contributed by atoms with van der Waals surface area (Å²) in [5, 5.41) is 10.7. The molecule has 0 aromatic rings. The number of nitrogens with two attached hydrogens (primary N) is 1. The lowest BCUT2D eigenvalue weighted by Gasteiger charge is -2.30. The molecule has 0 saturated heterocycles. The maximum absolute atomic E-state index is 11.4. The van der Waals surface area contributed by atoms with E-state index in [0.29, 0.717) is 12.0 Å². The summed E-state index contributed by atoms with van der Waals surface area (Å²) in [6.07, 6.45) is 2.02. The van der Waals surface area contributed by atoms with E-state index in [4.69, 9.17) is 5.84 Å². The third kappa shape index (κ3) is 1.68. The summed E-state index contributed by atoms with van der Waals surface area (Å²) in [5.41, 5.74) is -0.948. The highest BCUT2D eigenvalue weighted by molar-refractivity contribution is 9.24. The van der Waals surface area contributed by atoms with Gasteiger partial charge >= 0.3 is 0 Å². The van der Waals surface area contributed by atoms with Gasteiger partial charge in [-0.15, -0.1) is 0 Å². The van der Waals surface area contributed by atoms with Gasteiger partial charge < -0.3 is 5.11 Å². The van der Waals surface area contributed by atoms with Crippen LogP contribution < -0.4 is 5.84 Å². The minimum absolute atomic E-state index is 0.339. The van der Waals surface area contributed by atoms with E-state index in [-0.39, 0.29) is 5.91 Å². The highest BCUT2D eigenvalue weighted by atomic mass is 79.9. The number of nitrogens with zero attached hydrogens (tertiary/aromatic N) is 1. The summed E-state index contributed by atoms with van der Waals surface area (Å²) in [6.45, 7) is 1.83. The lowest BCUT2D eigenvalue weighted by Crippen LogP contribution is -2.54. The molecule has 74 valence electrons. The Hall–Kier alpha value is 0.0900. The number of amides is 1. The number of aliphatic hydroxyl groups is 1. The van der Waals surface area contributed by atoms with Gasteiger partial charge in [-0.3, -0.25) is 4.79 Å². The molecule has 0 aliphatic carbocycles. The van der Waals surface area contributed by atoms with E-state index < -0.39 is 9.46 Å². The molecule has 0 bridgehead atoms. The second kappa shape index (κ2) is 3.68. The molecule has 6 heteroatoms. The molecular weight excluding hydrogens is 304 g/mol. The maximum atomic E-state index is 11.4. The number of alkyl halides is 2. The van der Waals surface area contributed by atoms with Crippen LogP contribution in [0.3, 0.4) is 0 Å². The van der Waals surface area contributed by atoms with Crippen LogP contribution in [0.5, 0.6) is 0 Å². The van der Waals surface area contributed by atoms with Gasteiger partial charge in [-0.05, 0) is 12.5 Å². The predicted octanol–water partition coefficient (Wildman–Crippen LogP) is 0.843. The monoisotopic (exact) mass is 312 g/mol. The van der Waals surface area contributed by atoms with Crippen molar-refractivity contribution in [3.05, 3.63) is 11.6 Å². The first kappa shape index (κ1) is 11.2. The van der Waals surface area contributed by atoms with Crippen molar-refractivity contribution in [2.75, 3.05) is 0 Å². The molecule has 0 radical (unpaired) electrons. The Morgan fingerprint density at radius 2 is 2.31 bits per heavy atom. The van der Waals surface area contributed by atoms with Crippen LogP contribution in [0.4, 0.5) is 0 Å². The van der Waals surface area contributed by atoms with Crippen LogP contribution in [0.25, 0.3) is 0 Å². The van der Waals surface area contributed by atoms with E-state index in [1.54, 1.807) is 0 Å². The molecular formula is C7H10Br2N2O2. The zero-order valence-electron chi connectivity index (χ0n) is 7.00. The molecule has 0 spiro atoms. The third-order valence-corrected chi connectivity index (χ3v) is 3.32. The Bertz CT molecular complexity index is 267. The fraction of sp³-hybridized carbons (Fsp3) is 0.571. The number of rotatable bonds is 2. The molecule has 1 aliphatic heterocycles. The van der Waals surface area contributed by atoms with Gasteiger partial charge in [-0.2, -0.15) is 0 Å². The summed E-state index contributed by atoms with van der Waals surface area (Å²) in [6, 6.07) is 0. The van der Waals surface area contributed by atoms with Crippen molar-refractivity contribution in [3.8, 4) is 0 Å². The Labute approximate surface area is 93.0 Å². The normalized spacial score (nSPS) is 28.6.